The second-order valence-electron chi connectivity index (χ2n) is 4.82. The van der Waals surface area contributed by atoms with Crippen LogP contribution in [-0.4, -0.2) is 12.5 Å². The van der Waals surface area contributed by atoms with Crippen molar-refractivity contribution < 1.29 is 9.53 Å². The number of anilines is 1. The lowest BCUT2D eigenvalue weighted by Gasteiger charge is -2.11. The summed E-state index contributed by atoms with van der Waals surface area (Å²) in [6.07, 6.45) is 1.68. The molecule has 0 bridgehead atoms. The number of hydrogen-bond acceptors (Lipinski definition) is 3. The first-order valence-electron chi connectivity index (χ1n) is 7.22. The normalized spacial score (nSPS) is 9.77. The van der Waals surface area contributed by atoms with E-state index in [1.807, 2.05) is 42.5 Å². The zero-order valence-electron chi connectivity index (χ0n) is 12.3. The number of nitrogens with zero attached hydrogens (tertiary/aromatic N) is 1. The Bertz CT molecular complexity index is 648. The SMILES string of the molecule is N#CCC(=O)Nc1ccccc1OCCCc1ccccc1. The molecule has 2 aromatic rings. The number of carbonyl (C=O) groups is 1. The zero-order valence-corrected chi connectivity index (χ0v) is 12.3. The molecule has 2 rings (SSSR count). The molecule has 1 amide bonds. The Kier molecular flexibility index (Phi) is 6.01. The summed E-state index contributed by atoms with van der Waals surface area (Å²) in [4.78, 5) is 11.5. The molecule has 0 aliphatic heterocycles. The minimum Gasteiger partial charge on any atom is -0.491 e. The maximum atomic E-state index is 11.5. The van der Waals surface area contributed by atoms with Crippen LogP contribution in [0.4, 0.5) is 5.69 Å². The monoisotopic (exact) mass is 294 g/mol. The summed E-state index contributed by atoms with van der Waals surface area (Å²) in [5.74, 6) is 0.296. The molecule has 0 aliphatic rings. The van der Waals surface area contributed by atoms with E-state index in [4.69, 9.17) is 10.00 Å². The highest BCUT2D eigenvalue weighted by Gasteiger charge is 2.06. The van der Waals surface area contributed by atoms with Gasteiger partial charge in [0.25, 0.3) is 0 Å². The maximum absolute atomic E-state index is 11.5. The van der Waals surface area contributed by atoms with E-state index in [2.05, 4.69) is 17.4 Å². The molecular formula is C18H18N2O2. The molecule has 0 spiro atoms. The second-order valence-corrected chi connectivity index (χ2v) is 4.82. The van der Waals surface area contributed by atoms with Crippen LogP contribution in [-0.2, 0) is 11.2 Å². The largest absolute Gasteiger partial charge is 0.491 e. The Labute approximate surface area is 130 Å². The fourth-order valence-electron chi connectivity index (χ4n) is 2.07. The van der Waals surface area contributed by atoms with E-state index in [9.17, 15) is 4.79 Å². The number of aryl methyl sites for hydroxylation is 1. The van der Waals surface area contributed by atoms with Crippen LogP contribution in [0, 0.1) is 11.3 Å². The van der Waals surface area contributed by atoms with Crippen molar-refractivity contribution in [2.24, 2.45) is 0 Å². The van der Waals surface area contributed by atoms with Crippen LogP contribution >= 0.6 is 0 Å². The molecule has 0 aromatic heterocycles. The standard InChI is InChI=1S/C18H18N2O2/c19-13-12-18(21)20-16-10-4-5-11-17(16)22-14-6-9-15-7-2-1-3-8-15/h1-5,7-8,10-11H,6,9,12,14H2,(H,20,21). The Morgan fingerprint density at radius 3 is 2.59 bits per heavy atom. The van der Waals surface area contributed by atoms with Gasteiger partial charge in [-0.1, -0.05) is 42.5 Å². The third kappa shape index (κ3) is 4.95. The minimum atomic E-state index is -0.331. The average Bonchev–Trinajstić information content (AvgIpc) is 2.54. The van der Waals surface area contributed by atoms with Crippen LogP contribution in [0.5, 0.6) is 5.75 Å². The quantitative estimate of drug-likeness (QED) is 0.794. The Morgan fingerprint density at radius 2 is 1.82 bits per heavy atom. The van der Waals surface area contributed by atoms with Gasteiger partial charge in [0.05, 0.1) is 18.4 Å². The summed E-state index contributed by atoms with van der Waals surface area (Å²) in [7, 11) is 0. The van der Waals surface area contributed by atoms with Crippen molar-refractivity contribution in [3.63, 3.8) is 0 Å². The second kappa shape index (κ2) is 8.48. The first kappa shape index (κ1) is 15.6. The zero-order chi connectivity index (χ0) is 15.6. The van der Waals surface area contributed by atoms with Crippen molar-refractivity contribution in [3.8, 4) is 11.8 Å². The van der Waals surface area contributed by atoms with Gasteiger partial charge in [0.2, 0.25) is 5.91 Å². The molecule has 4 nitrogen and oxygen atoms in total. The lowest BCUT2D eigenvalue weighted by Crippen LogP contribution is -2.11. The number of benzene rings is 2. The van der Waals surface area contributed by atoms with Crippen molar-refractivity contribution in [2.75, 3.05) is 11.9 Å². The fourth-order valence-corrected chi connectivity index (χ4v) is 2.07. The van der Waals surface area contributed by atoms with Gasteiger partial charge in [-0.3, -0.25) is 4.79 Å². The van der Waals surface area contributed by atoms with E-state index in [0.717, 1.165) is 12.8 Å². The van der Waals surface area contributed by atoms with Gasteiger partial charge in [-0.25, -0.2) is 0 Å². The topological polar surface area (TPSA) is 62.1 Å². The molecule has 0 saturated carbocycles. The average molecular weight is 294 g/mol. The van der Waals surface area contributed by atoms with Crippen LogP contribution in [0.15, 0.2) is 54.6 Å². The molecule has 0 fully saturated rings. The molecule has 112 valence electrons. The molecule has 22 heavy (non-hydrogen) atoms. The van der Waals surface area contributed by atoms with Gasteiger partial charge in [0.1, 0.15) is 12.2 Å². The van der Waals surface area contributed by atoms with Gasteiger partial charge in [-0.2, -0.15) is 5.26 Å². The van der Waals surface area contributed by atoms with Crippen molar-refractivity contribution >= 4 is 11.6 Å². The number of nitrogens with one attached hydrogen (secondary N) is 1. The molecular weight excluding hydrogens is 276 g/mol. The van der Waals surface area contributed by atoms with Crippen LogP contribution < -0.4 is 10.1 Å². The van der Waals surface area contributed by atoms with Gasteiger partial charge >= 0.3 is 0 Å². The molecule has 0 saturated heterocycles. The summed E-state index contributed by atoms with van der Waals surface area (Å²) in [6.45, 7) is 0.569. The molecule has 0 unspecified atom stereocenters. The fraction of sp³-hybridized carbons (Fsp3) is 0.222. The Hall–Kier alpha value is -2.80. The van der Waals surface area contributed by atoms with Crippen molar-refractivity contribution in [3.05, 3.63) is 60.2 Å². The number of rotatable bonds is 7. The van der Waals surface area contributed by atoms with Crippen LogP contribution in [0.2, 0.25) is 0 Å². The van der Waals surface area contributed by atoms with Crippen LogP contribution in [0.1, 0.15) is 18.4 Å². The predicted molar refractivity (Wildman–Crippen MR) is 85.6 cm³/mol. The molecule has 0 aliphatic carbocycles. The van der Waals surface area contributed by atoms with Gasteiger partial charge < -0.3 is 10.1 Å². The van der Waals surface area contributed by atoms with Gasteiger partial charge in [-0.15, -0.1) is 0 Å². The van der Waals surface area contributed by atoms with E-state index < -0.39 is 0 Å². The van der Waals surface area contributed by atoms with E-state index in [1.165, 1.54) is 5.56 Å². The summed E-state index contributed by atoms with van der Waals surface area (Å²) >= 11 is 0. The maximum Gasteiger partial charge on any atom is 0.238 e. The van der Waals surface area contributed by atoms with E-state index in [1.54, 1.807) is 6.07 Å². The highest BCUT2D eigenvalue weighted by atomic mass is 16.5. The summed E-state index contributed by atoms with van der Waals surface area (Å²) in [5, 5.41) is 11.2. The van der Waals surface area contributed by atoms with Crippen molar-refractivity contribution in [2.45, 2.75) is 19.3 Å². The minimum absolute atomic E-state index is 0.164. The Balaban J connectivity index is 1.85. The number of hydrogen-bond donors (Lipinski definition) is 1. The number of carbonyl (C=O) groups excluding carboxylic acids is 1. The van der Waals surface area contributed by atoms with Crippen molar-refractivity contribution in [1.29, 1.82) is 5.26 Å². The molecule has 0 atom stereocenters. The van der Waals surface area contributed by atoms with Crippen LogP contribution in [0.25, 0.3) is 0 Å². The molecule has 0 radical (unpaired) electrons. The highest BCUT2D eigenvalue weighted by Crippen LogP contribution is 2.24. The van der Waals surface area contributed by atoms with Gasteiger partial charge in [-0.05, 0) is 30.5 Å². The van der Waals surface area contributed by atoms with Crippen LogP contribution in [0.3, 0.4) is 0 Å². The number of nitriles is 1. The molecule has 2 aromatic carbocycles. The van der Waals surface area contributed by atoms with Gasteiger partial charge in [0.15, 0.2) is 0 Å². The predicted octanol–water partition coefficient (Wildman–Crippen LogP) is 3.55. The smallest absolute Gasteiger partial charge is 0.238 e. The van der Waals surface area contributed by atoms with E-state index >= 15 is 0 Å². The molecule has 1 N–H and O–H groups in total. The lowest BCUT2D eigenvalue weighted by atomic mass is 10.1. The van der Waals surface area contributed by atoms with Gasteiger partial charge in [0, 0.05) is 0 Å². The Morgan fingerprint density at radius 1 is 1.09 bits per heavy atom. The first-order chi connectivity index (χ1) is 10.8. The number of para-hydroxylation sites is 2. The van der Waals surface area contributed by atoms with E-state index in [-0.39, 0.29) is 12.3 Å². The summed E-state index contributed by atoms with van der Waals surface area (Å²) in [5.41, 5.74) is 1.88. The number of ether oxygens (including phenoxy) is 1. The first-order valence-corrected chi connectivity index (χ1v) is 7.22. The summed E-state index contributed by atoms with van der Waals surface area (Å²) < 4.78 is 5.74. The third-order valence-electron chi connectivity index (χ3n) is 3.11. The highest BCUT2D eigenvalue weighted by molar-refractivity contribution is 5.93. The lowest BCUT2D eigenvalue weighted by molar-refractivity contribution is -0.115. The number of amides is 1. The van der Waals surface area contributed by atoms with Crippen molar-refractivity contribution in [1.82, 2.24) is 0 Å². The van der Waals surface area contributed by atoms with E-state index in [0.29, 0.717) is 18.0 Å². The molecule has 4 heteroatoms. The molecule has 0 heterocycles. The summed E-state index contributed by atoms with van der Waals surface area (Å²) in [6, 6.07) is 19.3. The third-order valence-corrected chi connectivity index (χ3v) is 3.11.